The SMILES string of the molecule is CCCn1nccc1CNCC1CCC(O)C1. The molecule has 17 heavy (non-hydrogen) atoms. The predicted octanol–water partition coefficient (Wildman–Crippen LogP) is 1.54. The smallest absolute Gasteiger partial charge is 0.0543 e. The normalized spacial score (nSPS) is 24.4. The lowest BCUT2D eigenvalue weighted by molar-refractivity contribution is 0.177. The first kappa shape index (κ1) is 12.6. The van der Waals surface area contributed by atoms with Gasteiger partial charge in [-0.25, -0.2) is 0 Å². The van der Waals surface area contributed by atoms with Crippen molar-refractivity contribution in [2.75, 3.05) is 6.54 Å². The number of hydrogen-bond acceptors (Lipinski definition) is 3. The molecule has 1 fully saturated rings. The molecule has 2 N–H and O–H groups in total. The first-order chi connectivity index (χ1) is 8.29. The van der Waals surface area contributed by atoms with E-state index in [2.05, 4.69) is 28.1 Å². The predicted molar refractivity (Wildman–Crippen MR) is 67.6 cm³/mol. The van der Waals surface area contributed by atoms with E-state index in [1.54, 1.807) is 0 Å². The van der Waals surface area contributed by atoms with Crippen molar-refractivity contribution in [3.05, 3.63) is 18.0 Å². The number of rotatable bonds is 6. The van der Waals surface area contributed by atoms with Crippen molar-refractivity contribution >= 4 is 0 Å². The van der Waals surface area contributed by atoms with Crippen molar-refractivity contribution in [1.29, 1.82) is 0 Å². The lowest BCUT2D eigenvalue weighted by atomic mass is 10.1. The van der Waals surface area contributed by atoms with Crippen molar-refractivity contribution in [2.24, 2.45) is 5.92 Å². The van der Waals surface area contributed by atoms with Crippen LogP contribution < -0.4 is 5.32 Å². The fourth-order valence-corrected chi connectivity index (χ4v) is 2.56. The van der Waals surface area contributed by atoms with E-state index >= 15 is 0 Å². The second-order valence-corrected chi connectivity index (χ2v) is 5.01. The minimum Gasteiger partial charge on any atom is -0.393 e. The van der Waals surface area contributed by atoms with E-state index < -0.39 is 0 Å². The van der Waals surface area contributed by atoms with Crippen molar-refractivity contribution in [2.45, 2.75) is 51.8 Å². The first-order valence-corrected chi connectivity index (χ1v) is 6.69. The van der Waals surface area contributed by atoms with Crippen LogP contribution in [0.1, 0.15) is 38.3 Å². The lowest BCUT2D eigenvalue weighted by Crippen LogP contribution is -2.23. The summed E-state index contributed by atoms with van der Waals surface area (Å²) in [4.78, 5) is 0. The van der Waals surface area contributed by atoms with Crippen LogP contribution in [0.5, 0.6) is 0 Å². The Labute approximate surface area is 103 Å². The van der Waals surface area contributed by atoms with Gasteiger partial charge in [-0.3, -0.25) is 4.68 Å². The molecule has 1 aliphatic rings. The Morgan fingerprint density at radius 3 is 3.12 bits per heavy atom. The molecule has 4 nitrogen and oxygen atoms in total. The molecule has 1 aromatic heterocycles. The van der Waals surface area contributed by atoms with Gasteiger partial charge in [-0.05, 0) is 44.2 Å². The standard InChI is InChI=1S/C13H23N3O/c1-2-7-16-12(5-6-15-16)10-14-9-11-3-4-13(17)8-11/h5-6,11,13-14,17H,2-4,7-10H2,1H3. The molecule has 1 heterocycles. The molecule has 1 saturated carbocycles. The van der Waals surface area contributed by atoms with Crippen molar-refractivity contribution in [3.63, 3.8) is 0 Å². The van der Waals surface area contributed by atoms with Crippen LogP contribution >= 0.6 is 0 Å². The second kappa shape index (κ2) is 6.17. The van der Waals surface area contributed by atoms with Crippen molar-refractivity contribution in [1.82, 2.24) is 15.1 Å². The Kier molecular flexibility index (Phi) is 4.57. The molecule has 0 aromatic carbocycles. The van der Waals surface area contributed by atoms with Crippen LogP contribution in [0, 0.1) is 5.92 Å². The molecule has 2 atom stereocenters. The van der Waals surface area contributed by atoms with Gasteiger partial charge < -0.3 is 10.4 Å². The third-order valence-electron chi connectivity index (χ3n) is 3.49. The van der Waals surface area contributed by atoms with Gasteiger partial charge in [0.05, 0.1) is 11.8 Å². The molecule has 2 rings (SSSR count). The first-order valence-electron chi connectivity index (χ1n) is 6.69. The van der Waals surface area contributed by atoms with E-state index in [1.165, 1.54) is 5.69 Å². The molecule has 0 saturated heterocycles. The minimum absolute atomic E-state index is 0.0626. The maximum Gasteiger partial charge on any atom is 0.0543 e. The number of aliphatic hydroxyl groups is 1. The summed E-state index contributed by atoms with van der Waals surface area (Å²) in [5.41, 5.74) is 1.25. The maximum absolute atomic E-state index is 9.46. The number of hydrogen-bond donors (Lipinski definition) is 2. The summed E-state index contributed by atoms with van der Waals surface area (Å²) in [5.74, 6) is 0.646. The Morgan fingerprint density at radius 2 is 2.41 bits per heavy atom. The monoisotopic (exact) mass is 237 g/mol. The molecular formula is C13H23N3O. The highest BCUT2D eigenvalue weighted by molar-refractivity contribution is 5.00. The van der Waals surface area contributed by atoms with E-state index in [4.69, 9.17) is 0 Å². The molecule has 0 amide bonds. The number of nitrogens with zero attached hydrogens (tertiary/aromatic N) is 2. The van der Waals surface area contributed by atoms with E-state index in [9.17, 15) is 5.11 Å². The summed E-state index contributed by atoms with van der Waals surface area (Å²) in [6.45, 7) is 5.05. The van der Waals surface area contributed by atoms with Gasteiger partial charge in [0.2, 0.25) is 0 Å². The zero-order chi connectivity index (χ0) is 12.1. The molecular weight excluding hydrogens is 214 g/mol. The van der Waals surface area contributed by atoms with Crippen molar-refractivity contribution < 1.29 is 5.11 Å². The average molecular weight is 237 g/mol. The Balaban J connectivity index is 1.72. The van der Waals surface area contributed by atoms with Gasteiger partial charge in [-0.15, -0.1) is 0 Å². The quantitative estimate of drug-likeness (QED) is 0.789. The molecule has 0 aliphatic heterocycles. The molecule has 4 heteroatoms. The molecule has 1 aromatic rings. The summed E-state index contributed by atoms with van der Waals surface area (Å²) < 4.78 is 2.07. The molecule has 1 aliphatic carbocycles. The fourth-order valence-electron chi connectivity index (χ4n) is 2.56. The largest absolute Gasteiger partial charge is 0.393 e. The van der Waals surface area contributed by atoms with E-state index in [0.29, 0.717) is 5.92 Å². The van der Waals surface area contributed by atoms with Crippen LogP contribution in [0.2, 0.25) is 0 Å². The summed E-state index contributed by atoms with van der Waals surface area (Å²) >= 11 is 0. The van der Waals surface area contributed by atoms with Gasteiger partial charge in [-0.1, -0.05) is 6.92 Å². The summed E-state index contributed by atoms with van der Waals surface area (Å²) in [6.07, 6.45) is 6.01. The molecule has 96 valence electrons. The minimum atomic E-state index is -0.0626. The average Bonchev–Trinajstić information content (AvgIpc) is 2.90. The molecule has 2 unspecified atom stereocenters. The zero-order valence-electron chi connectivity index (χ0n) is 10.6. The van der Waals surface area contributed by atoms with Gasteiger partial charge in [0.15, 0.2) is 0 Å². The third kappa shape index (κ3) is 3.54. The van der Waals surface area contributed by atoms with Crippen LogP contribution in [0.3, 0.4) is 0 Å². The second-order valence-electron chi connectivity index (χ2n) is 5.01. The van der Waals surface area contributed by atoms with E-state index in [1.807, 2.05) is 6.20 Å². The van der Waals surface area contributed by atoms with Crippen LogP contribution in [0.15, 0.2) is 12.3 Å². The molecule has 0 radical (unpaired) electrons. The fraction of sp³-hybridized carbons (Fsp3) is 0.769. The highest BCUT2D eigenvalue weighted by Gasteiger charge is 2.22. The van der Waals surface area contributed by atoms with Crippen LogP contribution in [0.4, 0.5) is 0 Å². The van der Waals surface area contributed by atoms with Crippen molar-refractivity contribution in [3.8, 4) is 0 Å². The Hall–Kier alpha value is -0.870. The Bertz CT molecular complexity index is 337. The molecule has 0 bridgehead atoms. The summed E-state index contributed by atoms with van der Waals surface area (Å²) in [5, 5.41) is 17.2. The number of aromatic nitrogens is 2. The number of nitrogens with one attached hydrogen (secondary N) is 1. The number of aryl methyl sites for hydroxylation is 1. The Morgan fingerprint density at radius 1 is 1.53 bits per heavy atom. The van der Waals surface area contributed by atoms with Gasteiger partial charge in [-0.2, -0.15) is 5.10 Å². The topological polar surface area (TPSA) is 50.1 Å². The summed E-state index contributed by atoms with van der Waals surface area (Å²) in [6, 6.07) is 2.08. The van der Waals surface area contributed by atoms with Gasteiger partial charge >= 0.3 is 0 Å². The van der Waals surface area contributed by atoms with Gasteiger partial charge in [0.1, 0.15) is 0 Å². The lowest BCUT2D eigenvalue weighted by Gasteiger charge is -2.11. The zero-order valence-corrected chi connectivity index (χ0v) is 10.6. The van der Waals surface area contributed by atoms with Crippen LogP contribution in [-0.4, -0.2) is 27.5 Å². The molecule has 0 spiro atoms. The number of aliphatic hydroxyl groups excluding tert-OH is 1. The van der Waals surface area contributed by atoms with Crippen LogP contribution in [0.25, 0.3) is 0 Å². The maximum atomic E-state index is 9.46. The highest BCUT2D eigenvalue weighted by atomic mass is 16.3. The third-order valence-corrected chi connectivity index (χ3v) is 3.49. The highest BCUT2D eigenvalue weighted by Crippen LogP contribution is 2.24. The van der Waals surface area contributed by atoms with E-state index in [-0.39, 0.29) is 6.10 Å². The summed E-state index contributed by atoms with van der Waals surface area (Å²) in [7, 11) is 0. The van der Waals surface area contributed by atoms with Crippen LogP contribution in [-0.2, 0) is 13.1 Å². The van der Waals surface area contributed by atoms with Gasteiger partial charge in [0, 0.05) is 19.3 Å². The van der Waals surface area contributed by atoms with E-state index in [0.717, 1.165) is 45.3 Å². The van der Waals surface area contributed by atoms with Gasteiger partial charge in [0.25, 0.3) is 0 Å².